The summed E-state index contributed by atoms with van der Waals surface area (Å²) in [6.07, 6.45) is 6.47. The van der Waals surface area contributed by atoms with Gasteiger partial charge in [-0.3, -0.25) is 24.6 Å². The summed E-state index contributed by atoms with van der Waals surface area (Å²) < 4.78 is 0. The number of hydrogen-bond donors (Lipinski definition) is 2. The maximum absolute atomic E-state index is 13.4. The van der Waals surface area contributed by atoms with Gasteiger partial charge >= 0.3 is 0 Å². The van der Waals surface area contributed by atoms with Crippen molar-refractivity contribution in [1.29, 1.82) is 0 Å². The summed E-state index contributed by atoms with van der Waals surface area (Å²) in [5.74, 6) is -0.872. The molecule has 2 aromatic carbocycles. The van der Waals surface area contributed by atoms with Gasteiger partial charge in [-0.2, -0.15) is 0 Å². The van der Waals surface area contributed by atoms with Crippen molar-refractivity contribution in [3.63, 3.8) is 0 Å². The second-order valence-electron chi connectivity index (χ2n) is 9.19. The van der Waals surface area contributed by atoms with E-state index in [4.69, 9.17) is 0 Å². The van der Waals surface area contributed by atoms with Crippen molar-refractivity contribution in [2.75, 3.05) is 4.90 Å². The third kappa shape index (κ3) is 2.39. The molecule has 2 fully saturated rings. The fraction of sp³-hybridized carbons (Fsp3) is 0.231. The Balaban J connectivity index is 1.41. The molecule has 7 heteroatoms. The van der Waals surface area contributed by atoms with Crippen LogP contribution in [0.5, 0.6) is 0 Å². The number of anilines is 1. The van der Waals surface area contributed by atoms with Crippen LogP contribution in [-0.2, 0) is 15.0 Å². The van der Waals surface area contributed by atoms with E-state index in [0.29, 0.717) is 12.0 Å². The van der Waals surface area contributed by atoms with E-state index in [2.05, 4.69) is 39.7 Å². The minimum Gasteiger partial charge on any atom is -0.346 e. The Kier molecular flexibility index (Phi) is 3.53. The van der Waals surface area contributed by atoms with Crippen LogP contribution < -0.4 is 10.2 Å². The smallest absolute Gasteiger partial charge is 0.259 e. The van der Waals surface area contributed by atoms with E-state index in [1.165, 1.54) is 11.1 Å². The average molecular weight is 436 g/mol. The number of carbonyl (C=O) groups is 3. The fourth-order valence-electron chi connectivity index (χ4n) is 5.82. The first-order valence-electron chi connectivity index (χ1n) is 11.2. The molecule has 1 unspecified atom stereocenters. The van der Waals surface area contributed by atoms with Gasteiger partial charge in [-0.25, -0.2) is 4.98 Å². The van der Waals surface area contributed by atoms with Crippen molar-refractivity contribution < 1.29 is 14.4 Å². The molecule has 0 bridgehead atoms. The van der Waals surface area contributed by atoms with Crippen LogP contribution in [0.15, 0.2) is 54.9 Å². The topological polar surface area (TPSA) is 95.2 Å². The number of imide groups is 1. The number of rotatable bonds is 3. The Labute approximate surface area is 188 Å². The van der Waals surface area contributed by atoms with Crippen LogP contribution in [0.25, 0.3) is 21.8 Å². The van der Waals surface area contributed by atoms with Gasteiger partial charge in [0.1, 0.15) is 11.7 Å². The van der Waals surface area contributed by atoms with Gasteiger partial charge in [0.2, 0.25) is 11.8 Å². The highest BCUT2D eigenvalue weighted by Crippen LogP contribution is 2.58. The van der Waals surface area contributed by atoms with Crippen molar-refractivity contribution in [1.82, 2.24) is 15.3 Å². The number of pyridine rings is 1. The van der Waals surface area contributed by atoms with E-state index in [1.807, 2.05) is 24.3 Å². The zero-order chi connectivity index (χ0) is 22.3. The number of aromatic nitrogens is 2. The second-order valence-corrected chi connectivity index (χ2v) is 9.19. The Morgan fingerprint density at radius 3 is 2.64 bits per heavy atom. The molecule has 0 spiro atoms. The van der Waals surface area contributed by atoms with E-state index in [0.717, 1.165) is 40.3 Å². The summed E-state index contributed by atoms with van der Waals surface area (Å²) >= 11 is 0. The highest BCUT2D eigenvalue weighted by atomic mass is 16.2. The van der Waals surface area contributed by atoms with Crippen LogP contribution in [0.4, 0.5) is 5.69 Å². The first-order chi connectivity index (χ1) is 16.1. The molecule has 2 aromatic heterocycles. The molecule has 3 amide bonds. The van der Waals surface area contributed by atoms with Gasteiger partial charge in [-0.05, 0) is 60.0 Å². The molecule has 1 saturated carbocycles. The summed E-state index contributed by atoms with van der Waals surface area (Å²) in [6.45, 7) is 0. The van der Waals surface area contributed by atoms with Gasteiger partial charge < -0.3 is 4.98 Å². The van der Waals surface area contributed by atoms with Crippen molar-refractivity contribution >= 4 is 45.2 Å². The van der Waals surface area contributed by atoms with Gasteiger partial charge in [-0.15, -0.1) is 0 Å². The van der Waals surface area contributed by atoms with Gasteiger partial charge in [-0.1, -0.05) is 18.2 Å². The summed E-state index contributed by atoms with van der Waals surface area (Å²) in [5, 5.41) is 5.45. The number of benzene rings is 2. The number of hydrogen-bond acceptors (Lipinski definition) is 4. The molecule has 1 saturated heterocycles. The predicted molar refractivity (Wildman–Crippen MR) is 123 cm³/mol. The van der Waals surface area contributed by atoms with Gasteiger partial charge in [0, 0.05) is 40.6 Å². The van der Waals surface area contributed by atoms with Crippen molar-refractivity contribution in [2.45, 2.75) is 37.1 Å². The lowest BCUT2D eigenvalue weighted by atomic mass is 9.84. The Bertz CT molecular complexity index is 1530. The highest BCUT2D eigenvalue weighted by molar-refractivity contribution is 6.27. The number of nitrogens with one attached hydrogen (secondary N) is 2. The first kappa shape index (κ1) is 18.6. The molecular formula is C26H20N4O3. The number of H-pyrrole nitrogens is 1. The normalized spacial score (nSPS) is 21.2. The molecule has 162 valence electrons. The molecule has 33 heavy (non-hydrogen) atoms. The molecule has 1 atom stereocenters. The van der Waals surface area contributed by atoms with E-state index in [9.17, 15) is 14.4 Å². The van der Waals surface area contributed by atoms with Crippen molar-refractivity contribution in [2.24, 2.45) is 0 Å². The van der Waals surface area contributed by atoms with Crippen LogP contribution in [0.3, 0.4) is 0 Å². The zero-order valence-electron chi connectivity index (χ0n) is 17.7. The Hall–Kier alpha value is -4.00. The predicted octanol–water partition coefficient (Wildman–Crippen LogP) is 3.56. The summed E-state index contributed by atoms with van der Waals surface area (Å²) in [6, 6.07) is 13.3. The maximum atomic E-state index is 13.4. The highest BCUT2D eigenvalue weighted by Gasteiger charge is 2.49. The Morgan fingerprint density at radius 1 is 0.970 bits per heavy atom. The SMILES string of the molecule is O=C1CCC(N2C(=O)c3cccc4c(C5(c6c[nH]c7ncccc67)CC5)ccc2c34)C(=O)N1. The van der Waals surface area contributed by atoms with Crippen LogP contribution in [-0.4, -0.2) is 33.7 Å². The largest absolute Gasteiger partial charge is 0.346 e. The van der Waals surface area contributed by atoms with E-state index in [1.54, 1.807) is 11.1 Å². The molecule has 7 nitrogen and oxygen atoms in total. The van der Waals surface area contributed by atoms with Crippen LogP contribution in [0.2, 0.25) is 0 Å². The van der Waals surface area contributed by atoms with Crippen LogP contribution in [0.1, 0.15) is 47.2 Å². The summed E-state index contributed by atoms with van der Waals surface area (Å²) in [5.41, 5.74) is 4.56. The first-order valence-corrected chi connectivity index (χ1v) is 11.2. The van der Waals surface area contributed by atoms with Crippen LogP contribution in [0, 0.1) is 0 Å². The molecule has 4 aromatic rings. The number of nitrogens with zero attached hydrogens (tertiary/aromatic N) is 2. The number of fused-ring (bicyclic) bond motifs is 1. The number of piperidine rings is 1. The standard InChI is InChI=1S/C26H20N4O3/c31-21-9-8-20(24(32)29-21)30-19-7-6-17(14-3-1-4-16(22(14)19)25(30)33)26(10-11-26)18-13-28-23-15(18)5-2-12-27-23/h1-7,12-13,20H,8-11H2,(H,27,28)(H,29,31,32). The molecule has 1 aliphatic carbocycles. The Morgan fingerprint density at radius 2 is 1.82 bits per heavy atom. The van der Waals surface area contributed by atoms with E-state index >= 15 is 0 Å². The maximum Gasteiger partial charge on any atom is 0.259 e. The molecule has 3 aliphatic rings. The number of aromatic amines is 1. The molecule has 2 N–H and O–H groups in total. The lowest BCUT2D eigenvalue weighted by Crippen LogP contribution is -2.53. The van der Waals surface area contributed by atoms with E-state index in [-0.39, 0.29) is 23.7 Å². The quantitative estimate of drug-likeness (QED) is 0.480. The van der Waals surface area contributed by atoms with Crippen molar-refractivity contribution in [3.8, 4) is 0 Å². The monoisotopic (exact) mass is 436 g/mol. The van der Waals surface area contributed by atoms with Gasteiger partial charge in [0.15, 0.2) is 0 Å². The molecule has 2 aliphatic heterocycles. The molecule has 7 rings (SSSR count). The molecule has 0 radical (unpaired) electrons. The minimum absolute atomic E-state index is 0.121. The summed E-state index contributed by atoms with van der Waals surface area (Å²) in [7, 11) is 0. The molecule has 4 heterocycles. The van der Waals surface area contributed by atoms with Crippen LogP contribution >= 0.6 is 0 Å². The third-order valence-electron chi connectivity index (χ3n) is 7.48. The number of amides is 3. The average Bonchev–Trinajstić information content (AvgIpc) is 3.42. The third-order valence-corrected chi connectivity index (χ3v) is 7.48. The zero-order valence-corrected chi connectivity index (χ0v) is 17.7. The van der Waals surface area contributed by atoms with E-state index < -0.39 is 11.9 Å². The van der Waals surface area contributed by atoms with Gasteiger partial charge in [0.25, 0.3) is 5.91 Å². The summed E-state index contributed by atoms with van der Waals surface area (Å²) in [4.78, 5) is 47.0. The second kappa shape index (κ2) is 6.28. The van der Waals surface area contributed by atoms with Gasteiger partial charge in [0.05, 0.1) is 5.69 Å². The molecular weight excluding hydrogens is 416 g/mol. The fourth-order valence-corrected chi connectivity index (χ4v) is 5.82. The van der Waals surface area contributed by atoms with Crippen molar-refractivity contribution in [3.05, 3.63) is 71.5 Å². The number of carbonyl (C=O) groups excluding carboxylic acids is 3. The lowest BCUT2D eigenvalue weighted by Gasteiger charge is -2.30. The minimum atomic E-state index is -0.675. The lowest BCUT2D eigenvalue weighted by molar-refractivity contribution is -0.134.